The number of hydrogen-bond donors (Lipinski definition) is 2. The molecule has 17 heavy (non-hydrogen) atoms. The van der Waals surface area contributed by atoms with Gasteiger partial charge in [-0.3, -0.25) is 0 Å². The molecule has 1 aromatic carbocycles. The van der Waals surface area contributed by atoms with Crippen LogP contribution in [0.25, 0.3) is 0 Å². The van der Waals surface area contributed by atoms with E-state index in [2.05, 4.69) is 0 Å². The SMILES string of the molecule is C[C@H]1O[C@H](O)C[C@@H](OCc2ccccc2)[C@@H]1O. The number of aliphatic hydroxyl groups is 2. The highest BCUT2D eigenvalue weighted by molar-refractivity contribution is 5.13. The molecule has 0 unspecified atom stereocenters. The van der Waals surface area contributed by atoms with Gasteiger partial charge in [0.1, 0.15) is 6.10 Å². The molecular formula is C13H18O4. The van der Waals surface area contributed by atoms with Crippen molar-refractivity contribution in [2.75, 3.05) is 0 Å². The van der Waals surface area contributed by atoms with Crippen LogP contribution >= 0.6 is 0 Å². The van der Waals surface area contributed by atoms with E-state index in [0.29, 0.717) is 13.0 Å². The number of rotatable bonds is 3. The summed E-state index contributed by atoms with van der Waals surface area (Å²) in [5.41, 5.74) is 1.05. The van der Waals surface area contributed by atoms with E-state index in [4.69, 9.17) is 9.47 Å². The van der Waals surface area contributed by atoms with Gasteiger partial charge in [-0.25, -0.2) is 0 Å². The average Bonchev–Trinajstić information content (AvgIpc) is 2.33. The summed E-state index contributed by atoms with van der Waals surface area (Å²) in [7, 11) is 0. The van der Waals surface area contributed by atoms with Crippen LogP contribution < -0.4 is 0 Å². The number of benzene rings is 1. The Kier molecular flexibility index (Phi) is 4.12. The van der Waals surface area contributed by atoms with Gasteiger partial charge in [-0.1, -0.05) is 30.3 Å². The van der Waals surface area contributed by atoms with Gasteiger partial charge in [-0.05, 0) is 12.5 Å². The molecule has 0 bridgehead atoms. The highest BCUT2D eigenvalue weighted by Crippen LogP contribution is 2.22. The number of hydrogen-bond acceptors (Lipinski definition) is 4. The molecule has 1 fully saturated rings. The molecule has 94 valence electrons. The van der Waals surface area contributed by atoms with Crippen LogP contribution in [-0.2, 0) is 16.1 Å². The smallest absolute Gasteiger partial charge is 0.157 e. The number of aliphatic hydroxyl groups excluding tert-OH is 2. The lowest BCUT2D eigenvalue weighted by Crippen LogP contribution is -2.47. The maximum atomic E-state index is 9.87. The number of ether oxygens (including phenoxy) is 2. The summed E-state index contributed by atoms with van der Waals surface area (Å²) < 4.78 is 10.7. The molecule has 0 saturated carbocycles. The van der Waals surface area contributed by atoms with Gasteiger partial charge in [0.05, 0.1) is 18.8 Å². The summed E-state index contributed by atoms with van der Waals surface area (Å²) in [6, 6.07) is 9.75. The molecule has 2 N–H and O–H groups in total. The lowest BCUT2D eigenvalue weighted by molar-refractivity contribution is -0.238. The minimum atomic E-state index is -0.853. The molecule has 0 amide bonds. The summed E-state index contributed by atoms with van der Waals surface area (Å²) >= 11 is 0. The molecule has 1 aliphatic rings. The highest BCUT2D eigenvalue weighted by atomic mass is 16.6. The van der Waals surface area contributed by atoms with E-state index in [0.717, 1.165) is 5.56 Å². The predicted molar refractivity (Wildman–Crippen MR) is 62.2 cm³/mol. The largest absolute Gasteiger partial charge is 0.388 e. The van der Waals surface area contributed by atoms with Crippen LogP contribution in [0.15, 0.2) is 30.3 Å². The van der Waals surface area contributed by atoms with E-state index in [-0.39, 0.29) is 6.10 Å². The summed E-state index contributed by atoms with van der Waals surface area (Å²) in [4.78, 5) is 0. The zero-order chi connectivity index (χ0) is 12.3. The first-order chi connectivity index (χ1) is 8.16. The van der Waals surface area contributed by atoms with Gasteiger partial charge >= 0.3 is 0 Å². The minimum Gasteiger partial charge on any atom is -0.388 e. The van der Waals surface area contributed by atoms with E-state index in [9.17, 15) is 10.2 Å². The Hall–Kier alpha value is -0.940. The second-order valence-electron chi connectivity index (χ2n) is 4.36. The van der Waals surface area contributed by atoms with Crippen molar-refractivity contribution in [3.8, 4) is 0 Å². The monoisotopic (exact) mass is 238 g/mol. The van der Waals surface area contributed by atoms with Gasteiger partial charge in [0.25, 0.3) is 0 Å². The molecule has 4 heteroatoms. The molecule has 0 aliphatic carbocycles. The molecule has 0 spiro atoms. The van der Waals surface area contributed by atoms with E-state index >= 15 is 0 Å². The molecular weight excluding hydrogens is 220 g/mol. The first-order valence-electron chi connectivity index (χ1n) is 5.84. The second kappa shape index (κ2) is 5.60. The van der Waals surface area contributed by atoms with Crippen molar-refractivity contribution in [1.29, 1.82) is 0 Å². The van der Waals surface area contributed by atoms with Crippen molar-refractivity contribution >= 4 is 0 Å². The standard InChI is InChI=1S/C13H18O4/c1-9-13(15)11(7-12(14)17-9)16-8-10-5-3-2-4-6-10/h2-6,9,11-15H,7-8H2,1H3/t9-,11-,12+,13-/m1/s1. The molecule has 0 aromatic heterocycles. The van der Waals surface area contributed by atoms with Gasteiger partial charge in [0.15, 0.2) is 6.29 Å². The van der Waals surface area contributed by atoms with Crippen LogP contribution in [0.2, 0.25) is 0 Å². The third kappa shape index (κ3) is 3.26. The van der Waals surface area contributed by atoms with E-state index in [1.54, 1.807) is 6.92 Å². The Morgan fingerprint density at radius 1 is 1.29 bits per heavy atom. The lowest BCUT2D eigenvalue weighted by atomic mass is 10.0. The molecule has 1 heterocycles. The Bertz CT molecular complexity index is 341. The summed E-state index contributed by atoms with van der Waals surface area (Å²) in [5, 5.41) is 19.3. The first kappa shape index (κ1) is 12.5. The van der Waals surface area contributed by atoms with Crippen LogP contribution in [0.5, 0.6) is 0 Å². The third-order valence-electron chi connectivity index (χ3n) is 2.97. The van der Waals surface area contributed by atoms with Gasteiger partial charge in [0.2, 0.25) is 0 Å². The highest BCUT2D eigenvalue weighted by Gasteiger charge is 2.35. The Balaban J connectivity index is 1.89. The van der Waals surface area contributed by atoms with Crippen molar-refractivity contribution < 1.29 is 19.7 Å². The molecule has 4 nitrogen and oxygen atoms in total. The van der Waals surface area contributed by atoms with Crippen molar-refractivity contribution in [3.05, 3.63) is 35.9 Å². The predicted octanol–water partition coefficient (Wildman–Crippen LogP) is 1.06. The van der Waals surface area contributed by atoms with Crippen molar-refractivity contribution in [2.45, 2.75) is 44.6 Å². The fourth-order valence-electron chi connectivity index (χ4n) is 1.97. The van der Waals surface area contributed by atoms with Gasteiger partial charge in [0, 0.05) is 6.42 Å². The molecule has 1 aromatic rings. The summed E-state index contributed by atoms with van der Waals surface area (Å²) in [5.74, 6) is 0. The first-order valence-corrected chi connectivity index (χ1v) is 5.84. The maximum absolute atomic E-state index is 9.87. The Morgan fingerprint density at radius 2 is 2.00 bits per heavy atom. The fraction of sp³-hybridized carbons (Fsp3) is 0.538. The van der Waals surface area contributed by atoms with Crippen LogP contribution in [0.3, 0.4) is 0 Å². The van der Waals surface area contributed by atoms with E-state index in [1.807, 2.05) is 30.3 Å². The van der Waals surface area contributed by atoms with Crippen molar-refractivity contribution in [3.63, 3.8) is 0 Å². The molecule has 4 atom stereocenters. The van der Waals surface area contributed by atoms with Crippen molar-refractivity contribution in [1.82, 2.24) is 0 Å². The van der Waals surface area contributed by atoms with Crippen LogP contribution in [0.1, 0.15) is 18.9 Å². The molecule has 1 aliphatic heterocycles. The van der Waals surface area contributed by atoms with E-state index < -0.39 is 18.5 Å². The van der Waals surface area contributed by atoms with Gasteiger partial charge < -0.3 is 19.7 Å². The minimum absolute atomic E-state index is 0.304. The topological polar surface area (TPSA) is 58.9 Å². The van der Waals surface area contributed by atoms with Crippen LogP contribution in [-0.4, -0.2) is 34.8 Å². The molecule has 2 rings (SSSR count). The fourth-order valence-corrected chi connectivity index (χ4v) is 1.97. The Morgan fingerprint density at radius 3 is 2.71 bits per heavy atom. The molecule has 1 saturated heterocycles. The summed E-state index contributed by atoms with van der Waals surface area (Å²) in [6.07, 6.45) is -2.03. The van der Waals surface area contributed by atoms with Gasteiger partial charge in [-0.2, -0.15) is 0 Å². The van der Waals surface area contributed by atoms with Crippen LogP contribution in [0.4, 0.5) is 0 Å². The summed E-state index contributed by atoms with van der Waals surface area (Å²) in [6.45, 7) is 2.16. The molecule has 0 radical (unpaired) electrons. The second-order valence-corrected chi connectivity index (χ2v) is 4.36. The zero-order valence-corrected chi connectivity index (χ0v) is 9.82. The maximum Gasteiger partial charge on any atom is 0.157 e. The van der Waals surface area contributed by atoms with Gasteiger partial charge in [-0.15, -0.1) is 0 Å². The average molecular weight is 238 g/mol. The normalized spacial score (nSPS) is 33.6. The third-order valence-corrected chi connectivity index (χ3v) is 2.97. The Labute approximate surface area is 101 Å². The van der Waals surface area contributed by atoms with Crippen LogP contribution in [0, 0.1) is 0 Å². The lowest BCUT2D eigenvalue weighted by Gasteiger charge is -2.35. The zero-order valence-electron chi connectivity index (χ0n) is 9.82. The van der Waals surface area contributed by atoms with E-state index in [1.165, 1.54) is 0 Å². The quantitative estimate of drug-likeness (QED) is 0.826. The van der Waals surface area contributed by atoms with Crippen molar-refractivity contribution in [2.24, 2.45) is 0 Å².